The van der Waals surface area contributed by atoms with Crippen LogP contribution in [0.5, 0.6) is 11.5 Å². The summed E-state index contributed by atoms with van der Waals surface area (Å²) in [7, 11) is 0. The topological polar surface area (TPSA) is 30.5 Å². The number of ether oxygens (including phenoxy) is 2. The molecule has 0 saturated heterocycles. The third-order valence-electron chi connectivity index (χ3n) is 4.67. The first-order valence-corrected chi connectivity index (χ1v) is 10.4. The van der Waals surface area contributed by atoms with E-state index in [1.807, 2.05) is 19.1 Å². The Morgan fingerprint density at radius 3 is 2.34 bits per heavy atom. The zero-order valence-electron chi connectivity index (χ0n) is 16.9. The number of hydrogen-bond acceptors (Lipinski definition) is 3. The Kier molecular flexibility index (Phi) is 7.15. The molecule has 3 rings (SSSR count). The fraction of sp³-hybridized carbons (Fsp3) is 0.250. The summed E-state index contributed by atoms with van der Waals surface area (Å²) in [5.74, 6) is 1.07. The number of anilines is 1. The lowest BCUT2D eigenvalue weighted by atomic mass is 10.1. The van der Waals surface area contributed by atoms with Gasteiger partial charge in [0.05, 0.1) is 11.1 Å². The number of nitrogens with one attached hydrogen (secondary N) is 1. The van der Waals surface area contributed by atoms with E-state index in [0.29, 0.717) is 31.3 Å². The summed E-state index contributed by atoms with van der Waals surface area (Å²) in [4.78, 5) is 0. The highest BCUT2D eigenvalue weighted by Gasteiger charge is 2.13. The fourth-order valence-corrected chi connectivity index (χ4v) is 3.52. The van der Waals surface area contributed by atoms with Crippen molar-refractivity contribution in [3.05, 3.63) is 87.1 Å². The average Bonchev–Trinajstić information content (AvgIpc) is 2.70. The summed E-state index contributed by atoms with van der Waals surface area (Å²) >= 11 is 3.61. The third kappa shape index (κ3) is 5.73. The zero-order valence-corrected chi connectivity index (χ0v) is 18.5. The molecule has 0 bridgehead atoms. The molecule has 0 heterocycles. The molecule has 0 aliphatic carbocycles. The minimum Gasteiger partial charge on any atom is -0.490 e. The lowest BCUT2D eigenvalue weighted by Gasteiger charge is -2.16. The molecule has 29 heavy (non-hydrogen) atoms. The van der Waals surface area contributed by atoms with Crippen LogP contribution >= 0.6 is 15.9 Å². The Morgan fingerprint density at radius 1 is 0.897 bits per heavy atom. The molecule has 1 N–H and O–H groups in total. The van der Waals surface area contributed by atoms with Crippen molar-refractivity contribution in [3.8, 4) is 11.5 Å². The molecule has 152 valence electrons. The van der Waals surface area contributed by atoms with Gasteiger partial charge in [-0.25, -0.2) is 4.39 Å². The Bertz CT molecular complexity index is 973. The Labute approximate surface area is 180 Å². The third-order valence-corrected chi connectivity index (χ3v) is 5.26. The number of aryl methyl sites for hydroxylation is 2. The molecular weight excluding hydrogens is 433 g/mol. The average molecular weight is 458 g/mol. The highest BCUT2D eigenvalue weighted by Crippen LogP contribution is 2.37. The van der Waals surface area contributed by atoms with Crippen LogP contribution in [0, 0.1) is 19.7 Å². The van der Waals surface area contributed by atoms with Crippen molar-refractivity contribution in [1.29, 1.82) is 0 Å². The van der Waals surface area contributed by atoms with E-state index in [1.54, 1.807) is 12.1 Å². The van der Waals surface area contributed by atoms with Crippen molar-refractivity contribution >= 4 is 21.6 Å². The largest absolute Gasteiger partial charge is 0.490 e. The van der Waals surface area contributed by atoms with Crippen LogP contribution < -0.4 is 14.8 Å². The number of halogens is 2. The number of hydrogen-bond donors (Lipinski definition) is 1. The van der Waals surface area contributed by atoms with Gasteiger partial charge in [-0.05, 0) is 95.4 Å². The summed E-state index contributed by atoms with van der Waals surface area (Å²) in [5, 5.41) is 3.46. The fourth-order valence-electron chi connectivity index (χ4n) is 2.92. The molecule has 0 aliphatic rings. The highest BCUT2D eigenvalue weighted by atomic mass is 79.9. The van der Waals surface area contributed by atoms with Gasteiger partial charge in [0.15, 0.2) is 11.5 Å². The predicted molar refractivity (Wildman–Crippen MR) is 119 cm³/mol. The van der Waals surface area contributed by atoms with Crippen LogP contribution in [-0.4, -0.2) is 6.61 Å². The molecule has 3 aromatic rings. The Morgan fingerprint density at radius 2 is 1.66 bits per heavy atom. The van der Waals surface area contributed by atoms with Crippen molar-refractivity contribution in [1.82, 2.24) is 0 Å². The highest BCUT2D eigenvalue weighted by molar-refractivity contribution is 9.10. The maximum atomic E-state index is 13.1. The quantitative estimate of drug-likeness (QED) is 0.403. The predicted octanol–water partition coefficient (Wildman–Crippen LogP) is 6.79. The van der Waals surface area contributed by atoms with Gasteiger partial charge >= 0.3 is 0 Å². The molecule has 0 radical (unpaired) electrons. The second-order valence-electron chi connectivity index (χ2n) is 6.91. The van der Waals surface area contributed by atoms with Crippen molar-refractivity contribution in [2.24, 2.45) is 0 Å². The van der Waals surface area contributed by atoms with E-state index in [-0.39, 0.29) is 5.82 Å². The molecule has 3 nitrogen and oxygen atoms in total. The lowest BCUT2D eigenvalue weighted by Crippen LogP contribution is -2.04. The lowest BCUT2D eigenvalue weighted by molar-refractivity contribution is 0.267. The zero-order chi connectivity index (χ0) is 20.8. The van der Waals surface area contributed by atoms with Crippen LogP contribution in [0.4, 0.5) is 10.1 Å². The van der Waals surface area contributed by atoms with Gasteiger partial charge in [-0.3, -0.25) is 0 Å². The second kappa shape index (κ2) is 9.79. The van der Waals surface area contributed by atoms with E-state index in [2.05, 4.69) is 53.3 Å². The van der Waals surface area contributed by atoms with E-state index in [9.17, 15) is 4.39 Å². The molecule has 0 amide bonds. The molecular formula is C24H25BrFNO2. The Balaban J connectivity index is 1.74. The van der Waals surface area contributed by atoms with Crippen LogP contribution in [0.25, 0.3) is 0 Å². The van der Waals surface area contributed by atoms with Crippen molar-refractivity contribution in [2.75, 3.05) is 11.9 Å². The standard InChI is InChI=1S/C24H25BrFNO2/c1-4-28-23-13-19(14-27-21-10-5-16(2)17(3)11-21)12-22(25)24(23)29-15-18-6-8-20(26)9-7-18/h5-13,27H,4,14-15H2,1-3H3. The van der Waals surface area contributed by atoms with Gasteiger partial charge in [-0.15, -0.1) is 0 Å². The SMILES string of the molecule is CCOc1cc(CNc2ccc(C)c(C)c2)cc(Br)c1OCc1ccc(F)cc1. The summed E-state index contributed by atoms with van der Waals surface area (Å²) in [6.07, 6.45) is 0. The normalized spacial score (nSPS) is 10.7. The van der Waals surface area contributed by atoms with Crippen molar-refractivity contribution in [3.63, 3.8) is 0 Å². The molecule has 0 atom stereocenters. The van der Waals surface area contributed by atoms with Crippen LogP contribution in [0.3, 0.4) is 0 Å². The molecule has 0 aliphatic heterocycles. The van der Waals surface area contributed by atoms with E-state index in [4.69, 9.17) is 9.47 Å². The summed E-state index contributed by atoms with van der Waals surface area (Å²) < 4.78 is 25.7. The number of rotatable bonds is 8. The molecule has 0 aromatic heterocycles. The second-order valence-corrected chi connectivity index (χ2v) is 7.76. The van der Waals surface area contributed by atoms with Gasteiger partial charge in [0.2, 0.25) is 0 Å². The van der Waals surface area contributed by atoms with Crippen molar-refractivity contribution < 1.29 is 13.9 Å². The first-order valence-electron chi connectivity index (χ1n) is 9.60. The van der Waals surface area contributed by atoms with Gasteiger partial charge in [0.25, 0.3) is 0 Å². The number of benzene rings is 3. The van der Waals surface area contributed by atoms with Crippen LogP contribution in [0.15, 0.2) is 59.1 Å². The summed E-state index contributed by atoms with van der Waals surface area (Å²) in [6.45, 7) is 7.69. The van der Waals surface area contributed by atoms with Crippen molar-refractivity contribution in [2.45, 2.75) is 33.9 Å². The van der Waals surface area contributed by atoms with Crippen LogP contribution in [0.2, 0.25) is 0 Å². The maximum absolute atomic E-state index is 13.1. The first kappa shape index (κ1) is 21.2. The van der Waals surface area contributed by atoms with Gasteiger partial charge in [0.1, 0.15) is 12.4 Å². The minimum absolute atomic E-state index is 0.259. The van der Waals surface area contributed by atoms with Crippen LogP contribution in [-0.2, 0) is 13.2 Å². The summed E-state index contributed by atoms with van der Waals surface area (Å²) in [5.41, 5.74) is 5.59. The van der Waals surface area contributed by atoms with Gasteiger partial charge in [-0.1, -0.05) is 18.2 Å². The molecule has 0 fully saturated rings. The molecule has 0 saturated carbocycles. The van der Waals surface area contributed by atoms with Gasteiger partial charge in [-0.2, -0.15) is 0 Å². The monoisotopic (exact) mass is 457 g/mol. The van der Waals surface area contributed by atoms with Gasteiger partial charge < -0.3 is 14.8 Å². The maximum Gasteiger partial charge on any atom is 0.175 e. The minimum atomic E-state index is -0.259. The van der Waals surface area contributed by atoms with Gasteiger partial charge in [0, 0.05) is 12.2 Å². The van der Waals surface area contributed by atoms with E-state index >= 15 is 0 Å². The first-order chi connectivity index (χ1) is 14.0. The summed E-state index contributed by atoms with van der Waals surface area (Å²) in [6, 6.07) is 16.6. The van der Waals surface area contributed by atoms with Crippen LogP contribution in [0.1, 0.15) is 29.2 Å². The smallest absolute Gasteiger partial charge is 0.175 e. The molecule has 0 unspecified atom stereocenters. The Hall–Kier alpha value is -2.53. The molecule has 3 aromatic carbocycles. The molecule has 0 spiro atoms. The van der Waals surface area contributed by atoms with E-state index in [1.165, 1.54) is 23.3 Å². The molecule has 5 heteroatoms. The van der Waals surface area contributed by atoms with E-state index < -0.39 is 0 Å². The van der Waals surface area contributed by atoms with E-state index in [0.717, 1.165) is 21.3 Å².